The summed E-state index contributed by atoms with van der Waals surface area (Å²) in [5.41, 5.74) is 4.67. The predicted octanol–water partition coefficient (Wildman–Crippen LogP) is 4.86. The van der Waals surface area contributed by atoms with Crippen LogP contribution in [0.1, 0.15) is 0 Å². The molecule has 0 aliphatic rings. The highest BCUT2D eigenvalue weighted by atomic mass is 32.2. The molecule has 0 radical (unpaired) electrons. The van der Waals surface area contributed by atoms with Crippen LogP contribution in [-0.2, 0) is 10.1 Å². The first-order valence-electron chi connectivity index (χ1n) is 9.21. The van der Waals surface area contributed by atoms with Gasteiger partial charge in [-0.25, -0.2) is 0 Å². The molecule has 0 aliphatic carbocycles. The Labute approximate surface area is 175 Å². The average molecular weight is 423 g/mol. The van der Waals surface area contributed by atoms with Gasteiger partial charge in [0.05, 0.1) is 20.5 Å². The van der Waals surface area contributed by atoms with Crippen LogP contribution in [0, 0.1) is 0 Å². The van der Waals surface area contributed by atoms with E-state index in [9.17, 15) is 8.42 Å². The SMILES string of the molecule is COc1cc(-c2ccc3[nH]ccc3c2)c(OC)cc1-c1ccc(OS(C)(=O)=O)cc1. The zero-order valence-electron chi connectivity index (χ0n) is 16.8. The second-order valence-electron chi connectivity index (χ2n) is 6.84. The molecule has 0 bridgehead atoms. The molecule has 0 saturated carbocycles. The molecule has 1 N–H and O–H groups in total. The first kappa shape index (κ1) is 19.8. The molecule has 0 amide bonds. The van der Waals surface area contributed by atoms with E-state index in [2.05, 4.69) is 11.1 Å². The molecule has 4 aromatic rings. The molecule has 0 fully saturated rings. The van der Waals surface area contributed by atoms with E-state index in [4.69, 9.17) is 13.7 Å². The predicted molar refractivity (Wildman–Crippen MR) is 118 cm³/mol. The summed E-state index contributed by atoms with van der Waals surface area (Å²) in [7, 11) is -0.324. The first-order chi connectivity index (χ1) is 14.4. The molecular formula is C23H21NO5S. The molecule has 6 nitrogen and oxygen atoms in total. The summed E-state index contributed by atoms with van der Waals surface area (Å²) in [5, 5.41) is 1.11. The minimum absolute atomic E-state index is 0.253. The summed E-state index contributed by atoms with van der Waals surface area (Å²) in [6.07, 6.45) is 2.92. The third kappa shape index (κ3) is 3.97. The monoisotopic (exact) mass is 423 g/mol. The quantitative estimate of drug-likeness (QED) is 0.448. The second kappa shape index (κ2) is 7.76. The summed E-state index contributed by atoms with van der Waals surface area (Å²) >= 11 is 0. The maximum absolute atomic E-state index is 11.3. The van der Waals surface area contributed by atoms with Crippen molar-refractivity contribution in [3.8, 4) is 39.5 Å². The lowest BCUT2D eigenvalue weighted by molar-refractivity contribution is 0.406. The van der Waals surface area contributed by atoms with Gasteiger partial charge in [-0.1, -0.05) is 18.2 Å². The normalized spacial score (nSPS) is 11.4. The Bertz CT molecular complexity index is 1310. The fourth-order valence-electron chi connectivity index (χ4n) is 3.43. The van der Waals surface area contributed by atoms with E-state index in [1.54, 1.807) is 38.5 Å². The van der Waals surface area contributed by atoms with Gasteiger partial charge < -0.3 is 18.6 Å². The van der Waals surface area contributed by atoms with Crippen molar-refractivity contribution in [1.82, 2.24) is 4.98 Å². The first-order valence-corrected chi connectivity index (χ1v) is 11.0. The number of aromatic nitrogens is 1. The van der Waals surface area contributed by atoms with Gasteiger partial charge in [0, 0.05) is 22.8 Å². The molecule has 30 heavy (non-hydrogen) atoms. The van der Waals surface area contributed by atoms with Gasteiger partial charge in [0.15, 0.2) is 0 Å². The number of benzene rings is 3. The van der Waals surface area contributed by atoms with Crippen molar-refractivity contribution < 1.29 is 22.1 Å². The van der Waals surface area contributed by atoms with Crippen LogP contribution in [0.15, 0.2) is 66.9 Å². The second-order valence-corrected chi connectivity index (χ2v) is 8.42. The van der Waals surface area contributed by atoms with Crippen LogP contribution >= 0.6 is 0 Å². The molecule has 0 aliphatic heterocycles. The average Bonchev–Trinajstić information content (AvgIpc) is 3.20. The van der Waals surface area contributed by atoms with Crippen LogP contribution < -0.4 is 13.7 Å². The van der Waals surface area contributed by atoms with E-state index < -0.39 is 10.1 Å². The molecule has 0 spiro atoms. The van der Waals surface area contributed by atoms with Gasteiger partial charge in [-0.05, 0) is 59.0 Å². The zero-order chi connectivity index (χ0) is 21.3. The molecule has 154 valence electrons. The number of nitrogens with one attached hydrogen (secondary N) is 1. The fourth-order valence-corrected chi connectivity index (χ4v) is 3.90. The molecular weight excluding hydrogens is 402 g/mol. The van der Waals surface area contributed by atoms with Gasteiger partial charge >= 0.3 is 10.1 Å². The van der Waals surface area contributed by atoms with Crippen LogP contribution in [0.2, 0.25) is 0 Å². The third-order valence-corrected chi connectivity index (χ3v) is 5.29. The molecule has 0 unspecified atom stereocenters. The van der Waals surface area contributed by atoms with Crippen LogP contribution in [0.4, 0.5) is 0 Å². The number of H-pyrrole nitrogens is 1. The Morgan fingerprint density at radius 3 is 1.97 bits per heavy atom. The Morgan fingerprint density at radius 1 is 0.767 bits per heavy atom. The molecule has 4 rings (SSSR count). The Morgan fingerprint density at radius 2 is 1.37 bits per heavy atom. The molecule has 0 atom stereocenters. The van der Waals surface area contributed by atoms with Gasteiger partial charge in [-0.3, -0.25) is 0 Å². The summed E-state index contributed by atoms with van der Waals surface area (Å²) in [6.45, 7) is 0. The van der Waals surface area contributed by atoms with E-state index in [0.717, 1.165) is 39.4 Å². The molecule has 3 aromatic carbocycles. The lowest BCUT2D eigenvalue weighted by atomic mass is 9.97. The molecule has 1 aromatic heterocycles. The van der Waals surface area contributed by atoms with Crippen molar-refractivity contribution in [2.24, 2.45) is 0 Å². The summed E-state index contributed by atoms with van der Waals surface area (Å²) < 4.78 is 38.9. The topological polar surface area (TPSA) is 77.6 Å². The number of methoxy groups -OCH3 is 2. The lowest BCUT2D eigenvalue weighted by Gasteiger charge is -2.16. The zero-order valence-corrected chi connectivity index (χ0v) is 17.6. The summed E-state index contributed by atoms with van der Waals surface area (Å²) in [6, 6.07) is 18.8. The number of hydrogen-bond donors (Lipinski definition) is 1. The maximum atomic E-state index is 11.3. The van der Waals surface area contributed by atoms with E-state index >= 15 is 0 Å². The highest BCUT2D eigenvalue weighted by Crippen LogP contribution is 2.41. The van der Waals surface area contributed by atoms with Gasteiger partial charge in [0.1, 0.15) is 17.2 Å². The highest BCUT2D eigenvalue weighted by molar-refractivity contribution is 7.86. The van der Waals surface area contributed by atoms with Crippen LogP contribution in [0.25, 0.3) is 33.2 Å². The van der Waals surface area contributed by atoms with Gasteiger partial charge in [0.25, 0.3) is 0 Å². The highest BCUT2D eigenvalue weighted by Gasteiger charge is 2.15. The lowest BCUT2D eigenvalue weighted by Crippen LogP contribution is -2.05. The van der Waals surface area contributed by atoms with E-state index in [-0.39, 0.29) is 5.75 Å². The van der Waals surface area contributed by atoms with Gasteiger partial charge in [0.2, 0.25) is 0 Å². The van der Waals surface area contributed by atoms with Crippen molar-refractivity contribution in [1.29, 1.82) is 0 Å². The largest absolute Gasteiger partial charge is 0.496 e. The van der Waals surface area contributed by atoms with E-state index in [0.29, 0.717) is 11.5 Å². The number of hydrogen-bond acceptors (Lipinski definition) is 5. The molecule has 7 heteroatoms. The summed E-state index contributed by atoms with van der Waals surface area (Å²) in [4.78, 5) is 3.19. The fraction of sp³-hybridized carbons (Fsp3) is 0.130. The van der Waals surface area contributed by atoms with Gasteiger partial charge in [-0.15, -0.1) is 0 Å². The summed E-state index contributed by atoms with van der Waals surface area (Å²) in [5.74, 6) is 1.64. The Balaban J connectivity index is 1.78. The Hall–Kier alpha value is -3.45. The van der Waals surface area contributed by atoms with E-state index in [1.807, 2.05) is 36.5 Å². The standard InChI is InChI=1S/C23H21NO5S/c1-27-22-14-20(16-6-9-21-17(12-16)10-11-24-21)23(28-2)13-19(22)15-4-7-18(8-5-15)29-30(3,25)26/h4-14,24H,1-3H3. The van der Waals surface area contributed by atoms with Crippen LogP contribution in [0.3, 0.4) is 0 Å². The molecule has 1 heterocycles. The number of rotatable bonds is 6. The maximum Gasteiger partial charge on any atom is 0.306 e. The Kier molecular flexibility index (Phi) is 5.13. The third-order valence-electron chi connectivity index (χ3n) is 4.80. The molecule has 0 saturated heterocycles. The van der Waals surface area contributed by atoms with Gasteiger partial charge in [-0.2, -0.15) is 8.42 Å². The number of ether oxygens (including phenoxy) is 2. The van der Waals surface area contributed by atoms with Crippen molar-refractivity contribution >= 4 is 21.0 Å². The van der Waals surface area contributed by atoms with Crippen molar-refractivity contribution in [3.05, 3.63) is 66.9 Å². The van der Waals surface area contributed by atoms with Crippen LogP contribution in [0.5, 0.6) is 17.2 Å². The van der Waals surface area contributed by atoms with E-state index in [1.165, 1.54) is 0 Å². The van der Waals surface area contributed by atoms with Crippen molar-refractivity contribution in [3.63, 3.8) is 0 Å². The smallest absolute Gasteiger partial charge is 0.306 e. The van der Waals surface area contributed by atoms with Crippen LogP contribution in [-0.4, -0.2) is 33.9 Å². The van der Waals surface area contributed by atoms with Crippen molar-refractivity contribution in [2.45, 2.75) is 0 Å². The minimum Gasteiger partial charge on any atom is -0.496 e. The number of fused-ring (bicyclic) bond motifs is 1. The van der Waals surface area contributed by atoms with Crippen molar-refractivity contribution in [2.75, 3.05) is 20.5 Å². The number of aromatic amines is 1. The minimum atomic E-state index is -3.57.